The number of carbonyl (C=O) groups is 1. The van der Waals surface area contributed by atoms with Gasteiger partial charge in [-0.3, -0.25) is 9.80 Å². The van der Waals surface area contributed by atoms with Gasteiger partial charge in [0.2, 0.25) is 5.91 Å². The highest BCUT2D eigenvalue weighted by atomic mass is 32.2. The molecule has 4 rings (SSSR count). The van der Waals surface area contributed by atoms with Crippen LogP contribution in [0.5, 0.6) is 0 Å². The molecule has 0 aliphatic carbocycles. The standard InChI is InChI=1S/C19H24N4OS2/c24-17-7-4-10-22-18(20-17)26-19(25)23(22)14-21-11-8-16(9-12-21)13-15-5-2-1-3-6-15/h1-3,5-6,16H,4,7-14H2/p+1. The van der Waals surface area contributed by atoms with Crippen LogP contribution in [0.1, 0.15) is 31.2 Å². The molecular weight excluding hydrogens is 364 g/mol. The van der Waals surface area contributed by atoms with Gasteiger partial charge in [-0.15, -0.1) is 0 Å². The van der Waals surface area contributed by atoms with Gasteiger partial charge in [0.1, 0.15) is 0 Å². The number of hydrogen-bond donors (Lipinski definition) is 1. The molecule has 3 aliphatic rings. The molecule has 1 aromatic rings. The molecular formula is C19H25N4OS2+. The molecule has 0 saturated carbocycles. The van der Waals surface area contributed by atoms with E-state index in [1.807, 2.05) is 0 Å². The zero-order valence-corrected chi connectivity index (χ0v) is 16.5. The Kier molecular flexibility index (Phi) is 5.57. The number of benzene rings is 1. The number of nitrogens with one attached hydrogen (secondary N) is 1. The number of nitrogens with zero attached hydrogens (tertiary/aromatic N) is 3. The number of thioether (sulfide) groups is 1. The van der Waals surface area contributed by atoms with Gasteiger partial charge >= 0.3 is 0 Å². The maximum atomic E-state index is 11.7. The van der Waals surface area contributed by atoms with E-state index >= 15 is 0 Å². The summed E-state index contributed by atoms with van der Waals surface area (Å²) in [6.07, 6.45) is 5.10. The number of hydrazine groups is 1. The average Bonchev–Trinajstić information content (AvgIpc) is 2.81. The lowest BCUT2D eigenvalue weighted by molar-refractivity contribution is -0.916. The minimum absolute atomic E-state index is 0.0197. The molecule has 1 N–H and O–H groups in total. The number of amidine groups is 1. The number of hydrogen-bond acceptors (Lipinski definition) is 4. The maximum Gasteiger partial charge on any atom is 0.248 e. The van der Waals surface area contributed by atoms with Crippen molar-refractivity contribution in [2.24, 2.45) is 10.9 Å². The Bertz CT molecular complexity index is 701. The van der Waals surface area contributed by atoms with Gasteiger partial charge in [-0.2, -0.15) is 4.99 Å². The predicted molar refractivity (Wildman–Crippen MR) is 109 cm³/mol. The third kappa shape index (κ3) is 4.10. The molecule has 2 saturated heterocycles. The fourth-order valence-electron chi connectivity index (χ4n) is 3.98. The molecule has 0 atom stereocenters. The first-order chi connectivity index (χ1) is 12.7. The van der Waals surface area contributed by atoms with Gasteiger partial charge < -0.3 is 4.90 Å². The molecule has 0 bridgehead atoms. The van der Waals surface area contributed by atoms with Crippen molar-refractivity contribution < 1.29 is 9.69 Å². The van der Waals surface area contributed by atoms with Crippen molar-refractivity contribution in [3.63, 3.8) is 0 Å². The Morgan fingerprint density at radius 1 is 1.23 bits per heavy atom. The number of amides is 1. The lowest BCUT2D eigenvalue weighted by Gasteiger charge is -2.35. The number of rotatable bonds is 4. The van der Waals surface area contributed by atoms with E-state index in [4.69, 9.17) is 12.2 Å². The second kappa shape index (κ2) is 8.06. The summed E-state index contributed by atoms with van der Waals surface area (Å²) in [6.45, 7) is 4.08. The van der Waals surface area contributed by atoms with Crippen molar-refractivity contribution in [3.05, 3.63) is 35.9 Å². The van der Waals surface area contributed by atoms with Crippen LogP contribution in [0.25, 0.3) is 0 Å². The smallest absolute Gasteiger partial charge is 0.248 e. The highest BCUT2D eigenvalue weighted by molar-refractivity contribution is 8.33. The minimum atomic E-state index is -0.0197. The van der Waals surface area contributed by atoms with Crippen molar-refractivity contribution in [2.75, 3.05) is 26.3 Å². The van der Waals surface area contributed by atoms with E-state index in [0.29, 0.717) is 6.42 Å². The first-order valence-electron chi connectivity index (χ1n) is 9.45. The summed E-state index contributed by atoms with van der Waals surface area (Å²) in [4.78, 5) is 17.5. The summed E-state index contributed by atoms with van der Waals surface area (Å²) in [7, 11) is 0. The topological polar surface area (TPSA) is 40.4 Å². The van der Waals surface area contributed by atoms with Crippen LogP contribution in [0.4, 0.5) is 0 Å². The zero-order valence-electron chi connectivity index (χ0n) is 14.9. The Hall–Kier alpha value is -1.44. The number of aliphatic imine (C=N–C) groups is 1. The van der Waals surface area contributed by atoms with Crippen LogP contribution in [0.2, 0.25) is 0 Å². The summed E-state index contributed by atoms with van der Waals surface area (Å²) < 4.78 is 0.831. The normalized spacial score (nSPS) is 26.5. The molecule has 5 nitrogen and oxygen atoms in total. The van der Waals surface area contributed by atoms with Gasteiger partial charge in [-0.25, -0.2) is 5.01 Å². The summed E-state index contributed by atoms with van der Waals surface area (Å²) >= 11 is 7.02. The van der Waals surface area contributed by atoms with E-state index < -0.39 is 0 Å². The Morgan fingerprint density at radius 3 is 2.77 bits per heavy atom. The number of fused-ring (bicyclic) bond motifs is 1. The van der Waals surface area contributed by atoms with Crippen LogP contribution in [0.15, 0.2) is 35.3 Å². The zero-order chi connectivity index (χ0) is 17.9. The van der Waals surface area contributed by atoms with Gasteiger partial charge in [-0.05, 0) is 48.9 Å². The second-order valence-electron chi connectivity index (χ2n) is 7.32. The van der Waals surface area contributed by atoms with Crippen LogP contribution < -0.4 is 4.90 Å². The maximum absolute atomic E-state index is 11.7. The molecule has 7 heteroatoms. The van der Waals surface area contributed by atoms with Gasteiger partial charge in [0.25, 0.3) is 0 Å². The van der Waals surface area contributed by atoms with E-state index in [9.17, 15) is 4.79 Å². The van der Waals surface area contributed by atoms with Crippen LogP contribution >= 0.6 is 24.0 Å². The highest BCUT2D eigenvalue weighted by Gasteiger charge is 2.37. The van der Waals surface area contributed by atoms with Gasteiger partial charge in [0.15, 0.2) is 16.2 Å². The number of piperidine rings is 1. The van der Waals surface area contributed by atoms with E-state index in [1.165, 1.54) is 49.7 Å². The summed E-state index contributed by atoms with van der Waals surface area (Å²) in [5.41, 5.74) is 1.45. The molecule has 2 fully saturated rings. The minimum Gasteiger partial charge on any atom is -0.316 e. The number of thiocarbonyl (C=S) groups is 1. The second-order valence-corrected chi connectivity index (χ2v) is 8.92. The molecule has 3 aliphatic heterocycles. The Balaban J connectivity index is 1.32. The third-order valence-electron chi connectivity index (χ3n) is 5.44. The lowest BCUT2D eigenvalue weighted by Crippen LogP contribution is -3.14. The van der Waals surface area contributed by atoms with E-state index in [-0.39, 0.29) is 5.91 Å². The van der Waals surface area contributed by atoms with Gasteiger partial charge in [0.05, 0.1) is 13.1 Å². The van der Waals surface area contributed by atoms with Crippen LogP contribution in [0.3, 0.4) is 0 Å². The lowest BCUT2D eigenvalue weighted by atomic mass is 9.90. The van der Waals surface area contributed by atoms with Crippen molar-refractivity contribution in [1.29, 1.82) is 0 Å². The Morgan fingerprint density at radius 2 is 2.00 bits per heavy atom. The fraction of sp³-hybridized carbons (Fsp3) is 0.526. The SMILES string of the molecule is O=C1CCCN2C(=N1)SC(=S)N2C[NH+]1CCC(Cc2ccccc2)CC1. The predicted octanol–water partition coefficient (Wildman–Crippen LogP) is 1.71. The van der Waals surface area contributed by atoms with Crippen molar-refractivity contribution >= 4 is 39.4 Å². The van der Waals surface area contributed by atoms with Crippen LogP contribution in [-0.4, -0.2) is 51.7 Å². The molecule has 1 aromatic carbocycles. The third-order valence-corrected chi connectivity index (χ3v) is 6.77. The Labute approximate surface area is 164 Å². The van der Waals surface area contributed by atoms with Crippen LogP contribution in [0, 0.1) is 5.92 Å². The molecule has 0 unspecified atom stereocenters. The number of likely N-dealkylation sites (tertiary alicyclic amines) is 1. The largest absolute Gasteiger partial charge is 0.316 e. The van der Waals surface area contributed by atoms with Crippen LogP contribution in [-0.2, 0) is 11.2 Å². The molecule has 0 radical (unpaired) electrons. The first kappa shape index (κ1) is 17.9. The summed E-state index contributed by atoms with van der Waals surface area (Å²) in [5, 5.41) is 5.07. The molecule has 3 heterocycles. The molecule has 0 spiro atoms. The van der Waals surface area contributed by atoms with Crippen molar-refractivity contribution in [1.82, 2.24) is 10.0 Å². The van der Waals surface area contributed by atoms with Gasteiger partial charge in [0, 0.05) is 13.0 Å². The number of quaternary nitrogens is 1. The number of carbonyl (C=O) groups excluding carboxylic acids is 1. The summed E-state index contributed by atoms with van der Waals surface area (Å²) in [5.74, 6) is 0.766. The fourth-order valence-corrected chi connectivity index (χ4v) is 5.24. The molecule has 1 amide bonds. The molecule has 26 heavy (non-hydrogen) atoms. The summed E-state index contributed by atoms with van der Waals surface area (Å²) in [6, 6.07) is 10.8. The molecule has 0 aromatic heterocycles. The van der Waals surface area contributed by atoms with E-state index in [1.54, 1.807) is 4.90 Å². The quantitative estimate of drug-likeness (QED) is 0.794. The molecule has 138 valence electrons. The van der Waals surface area contributed by atoms with Crippen molar-refractivity contribution in [3.8, 4) is 0 Å². The highest BCUT2D eigenvalue weighted by Crippen LogP contribution is 2.28. The monoisotopic (exact) mass is 389 g/mol. The average molecular weight is 390 g/mol. The van der Waals surface area contributed by atoms with E-state index in [2.05, 4.69) is 45.3 Å². The van der Waals surface area contributed by atoms with Gasteiger partial charge in [-0.1, -0.05) is 42.5 Å². The van der Waals surface area contributed by atoms with E-state index in [0.717, 1.165) is 35.0 Å². The first-order valence-corrected chi connectivity index (χ1v) is 10.7. The van der Waals surface area contributed by atoms with Crippen molar-refractivity contribution in [2.45, 2.75) is 32.1 Å².